The van der Waals surface area contributed by atoms with Crippen molar-refractivity contribution in [2.24, 2.45) is 16.1 Å². The number of carbonyl (C=O) groups is 1. The number of benzene rings is 1. The SMILES string of the molecule is N/C=C1/CC2(C(=O)c3cc(F)ccn3)CC(N(C3CC(F)(F)C3)S(=O)c3cn[nH]c3)CCC2=CC1=Nc1ccc(F)cc1. The fourth-order valence-electron chi connectivity index (χ4n) is 6.31. The molecule has 0 amide bonds. The number of aromatic amines is 1. The summed E-state index contributed by atoms with van der Waals surface area (Å²) in [5.74, 6) is -4.35. The number of aromatic nitrogens is 3. The first-order valence-electron chi connectivity index (χ1n) is 13.8. The monoisotopic (exact) mass is 612 g/mol. The van der Waals surface area contributed by atoms with Gasteiger partial charge in [0.15, 0.2) is 5.78 Å². The predicted octanol–water partition coefficient (Wildman–Crippen LogP) is 5.57. The quantitative estimate of drug-likeness (QED) is 0.267. The van der Waals surface area contributed by atoms with Crippen LogP contribution in [0.5, 0.6) is 0 Å². The van der Waals surface area contributed by atoms with Gasteiger partial charge in [0.2, 0.25) is 0 Å². The Morgan fingerprint density at radius 3 is 2.53 bits per heavy atom. The number of nitrogens with zero attached hydrogens (tertiary/aromatic N) is 4. The summed E-state index contributed by atoms with van der Waals surface area (Å²) in [4.78, 5) is 23.5. The number of aliphatic imine (C=N–C) groups is 1. The van der Waals surface area contributed by atoms with E-state index in [2.05, 4.69) is 20.2 Å². The van der Waals surface area contributed by atoms with Crippen molar-refractivity contribution in [1.29, 1.82) is 0 Å². The maximum absolute atomic E-state index is 14.3. The van der Waals surface area contributed by atoms with E-state index in [-0.39, 0.29) is 18.5 Å². The van der Waals surface area contributed by atoms with Crippen LogP contribution in [0.2, 0.25) is 0 Å². The van der Waals surface area contributed by atoms with Gasteiger partial charge in [0.05, 0.1) is 27.9 Å². The molecule has 0 aliphatic heterocycles. The van der Waals surface area contributed by atoms with Gasteiger partial charge in [-0.2, -0.15) is 5.10 Å². The third-order valence-corrected chi connectivity index (χ3v) is 10.0. The predicted molar refractivity (Wildman–Crippen MR) is 152 cm³/mol. The third-order valence-electron chi connectivity index (χ3n) is 8.40. The molecule has 2 heterocycles. The van der Waals surface area contributed by atoms with Gasteiger partial charge in [-0.25, -0.2) is 31.1 Å². The Bertz CT molecular complexity index is 1650. The first-order valence-corrected chi connectivity index (χ1v) is 14.9. The molecule has 3 unspecified atom stereocenters. The van der Waals surface area contributed by atoms with Crippen LogP contribution in [0, 0.1) is 17.0 Å². The molecule has 8 nitrogen and oxygen atoms in total. The van der Waals surface area contributed by atoms with Gasteiger partial charge >= 0.3 is 0 Å². The third kappa shape index (κ3) is 5.58. The Kier molecular flexibility index (Phi) is 7.63. The van der Waals surface area contributed by atoms with E-state index < -0.39 is 64.7 Å². The zero-order valence-corrected chi connectivity index (χ0v) is 23.7. The molecule has 3 aromatic rings. The number of hydrogen-bond donors (Lipinski definition) is 2. The fourth-order valence-corrected chi connectivity index (χ4v) is 7.72. The minimum atomic E-state index is -2.87. The lowest BCUT2D eigenvalue weighted by molar-refractivity contribution is -0.115. The number of hydrogen-bond acceptors (Lipinski definition) is 6. The molecule has 224 valence electrons. The van der Waals surface area contributed by atoms with E-state index in [0.717, 1.165) is 12.1 Å². The van der Waals surface area contributed by atoms with Crippen LogP contribution < -0.4 is 5.73 Å². The van der Waals surface area contributed by atoms with Gasteiger partial charge in [-0.1, -0.05) is 5.57 Å². The fraction of sp³-hybridized carbons (Fsp3) is 0.333. The van der Waals surface area contributed by atoms with Crippen molar-refractivity contribution in [3.63, 3.8) is 0 Å². The van der Waals surface area contributed by atoms with Crippen LogP contribution in [0.1, 0.15) is 49.0 Å². The van der Waals surface area contributed by atoms with E-state index in [4.69, 9.17) is 5.73 Å². The molecule has 13 heteroatoms. The Balaban J connectivity index is 1.44. The lowest BCUT2D eigenvalue weighted by Crippen LogP contribution is -2.57. The van der Waals surface area contributed by atoms with E-state index in [0.29, 0.717) is 40.3 Å². The average Bonchev–Trinajstić information content (AvgIpc) is 3.52. The number of allylic oxidation sites excluding steroid dienone is 3. The van der Waals surface area contributed by atoms with Crippen molar-refractivity contribution >= 4 is 28.2 Å². The van der Waals surface area contributed by atoms with Crippen LogP contribution in [0.4, 0.5) is 23.2 Å². The Morgan fingerprint density at radius 1 is 1.12 bits per heavy atom. The molecule has 3 aliphatic carbocycles. The molecule has 2 aromatic heterocycles. The summed E-state index contributed by atoms with van der Waals surface area (Å²) < 4.78 is 71.3. The Morgan fingerprint density at radius 2 is 1.88 bits per heavy atom. The molecule has 2 fully saturated rings. The molecule has 0 radical (unpaired) electrons. The number of nitrogens with two attached hydrogens (primary N) is 1. The summed E-state index contributed by atoms with van der Waals surface area (Å²) in [6.45, 7) is 0. The van der Waals surface area contributed by atoms with Gasteiger partial charge in [0.1, 0.15) is 28.3 Å². The first kappa shape index (κ1) is 29.1. The molecule has 43 heavy (non-hydrogen) atoms. The Labute approximate surface area is 247 Å². The number of rotatable bonds is 7. The van der Waals surface area contributed by atoms with E-state index in [1.54, 1.807) is 10.4 Å². The number of carbonyl (C=O) groups excluding carboxylic acids is 1. The normalized spacial score (nSPS) is 26.2. The van der Waals surface area contributed by atoms with Crippen LogP contribution in [-0.4, -0.2) is 53.2 Å². The summed E-state index contributed by atoms with van der Waals surface area (Å²) in [7, 11) is -1.83. The smallest absolute Gasteiger partial charge is 0.251 e. The maximum Gasteiger partial charge on any atom is 0.251 e. The number of fused-ring (bicyclic) bond motifs is 1. The van der Waals surface area contributed by atoms with Crippen molar-refractivity contribution in [2.75, 3.05) is 0 Å². The van der Waals surface area contributed by atoms with Crippen LogP contribution in [0.25, 0.3) is 0 Å². The molecule has 0 saturated heterocycles. The van der Waals surface area contributed by atoms with Gasteiger partial charge in [-0.3, -0.25) is 14.9 Å². The average molecular weight is 613 g/mol. The maximum atomic E-state index is 14.3. The van der Waals surface area contributed by atoms with Crippen molar-refractivity contribution in [2.45, 2.75) is 61.4 Å². The summed E-state index contributed by atoms with van der Waals surface area (Å²) in [6, 6.07) is 6.61. The minimum Gasteiger partial charge on any atom is -0.404 e. The highest BCUT2D eigenvalue weighted by Gasteiger charge is 2.55. The van der Waals surface area contributed by atoms with Crippen molar-refractivity contribution in [1.82, 2.24) is 19.5 Å². The van der Waals surface area contributed by atoms with Crippen LogP contribution in [-0.2, 0) is 11.0 Å². The summed E-state index contributed by atoms with van der Waals surface area (Å²) in [5, 5.41) is 6.49. The second kappa shape index (κ2) is 11.3. The molecule has 6 rings (SSSR count). The van der Waals surface area contributed by atoms with Crippen LogP contribution in [0.3, 0.4) is 0 Å². The number of ketones is 1. The highest BCUT2D eigenvalue weighted by molar-refractivity contribution is 7.82. The molecular formula is C30H28F4N6O2S. The summed E-state index contributed by atoms with van der Waals surface area (Å²) >= 11 is 0. The molecular weight excluding hydrogens is 584 g/mol. The van der Waals surface area contributed by atoms with Crippen LogP contribution >= 0.6 is 0 Å². The molecule has 3 aliphatic rings. The van der Waals surface area contributed by atoms with Gasteiger partial charge in [-0.05, 0) is 73.9 Å². The van der Waals surface area contributed by atoms with Gasteiger partial charge in [-0.15, -0.1) is 0 Å². The zero-order valence-electron chi connectivity index (χ0n) is 22.9. The molecule has 1 aromatic carbocycles. The number of pyridine rings is 1. The summed E-state index contributed by atoms with van der Waals surface area (Å²) in [6.07, 6.45) is 7.24. The standard InChI is InChI=1S/C30H28F4N6O2S/c31-20-2-4-22(5-3-20)39-26-9-19-1-6-23(40(24-13-30(33,34)14-24)43(42)25-16-37-38-17-25)12-29(19,11-18(26)15-35)28(41)27-10-21(32)7-8-36-27/h2-5,7-10,15-17,23-24H,1,6,11-14,35H2,(H,37,38)/b18-15-,39-26?. The molecule has 3 N–H and O–H groups in total. The van der Waals surface area contributed by atoms with Crippen molar-refractivity contribution in [3.8, 4) is 0 Å². The lowest BCUT2D eigenvalue weighted by Gasteiger charge is -2.51. The van der Waals surface area contributed by atoms with Gasteiger partial charge in [0.25, 0.3) is 5.92 Å². The van der Waals surface area contributed by atoms with Crippen molar-refractivity contribution < 1.29 is 26.6 Å². The summed E-state index contributed by atoms with van der Waals surface area (Å²) in [5.41, 5.74) is 6.91. The van der Waals surface area contributed by atoms with E-state index in [1.165, 1.54) is 49.1 Å². The number of Topliss-reactive ketones (excluding diaryl/α,β-unsaturated/α-hetero) is 1. The second-order valence-electron chi connectivity index (χ2n) is 11.1. The van der Waals surface area contributed by atoms with Crippen LogP contribution in [0.15, 0.2) is 88.3 Å². The largest absolute Gasteiger partial charge is 0.404 e. The van der Waals surface area contributed by atoms with E-state index in [9.17, 15) is 26.6 Å². The van der Waals surface area contributed by atoms with E-state index in [1.807, 2.05) is 0 Å². The van der Waals surface area contributed by atoms with E-state index >= 15 is 0 Å². The molecule has 0 spiro atoms. The highest BCUT2D eigenvalue weighted by Crippen LogP contribution is 2.53. The van der Waals surface area contributed by atoms with Crippen molar-refractivity contribution in [3.05, 3.63) is 95.7 Å². The number of nitrogens with one attached hydrogen (secondary N) is 1. The van der Waals surface area contributed by atoms with Gasteiger partial charge < -0.3 is 5.73 Å². The minimum absolute atomic E-state index is 0.0793. The lowest BCUT2D eigenvalue weighted by atomic mass is 9.59. The molecule has 2 saturated carbocycles. The second-order valence-corrected chi connectivity index (χ2v) is 12.5. The molecule has 3 atom stereocenters. The Hall–Kier alpha value is -3.97. The number of alkyl halides is 2. The number of H-pyrrole nitrogens is 1. The number of halogens is 4. The highest BCUT2D eigenvalue weighted by atomic mass is 32.2. The zero-order chi connectivity index (χ0) is 30.4. The van der Waals surface area contributed by atoms with Gasteiger partial charge in [0, 0.05) is 43.4 Å². The molecule has 0 bridgehead atoms. The topological polar surface area (TPSA) is 117 Å². The first-order chi connectivity index (χ1) is 20.6.